The molecular weight excluding hydrogens is 406 g/mol. The number of benzene rings is 1. The van der Waals surface area contributed by atoms with Gasteiger partial charge in [0, 0.05) is 18.2 Å². The summed E-state index contributed by atoms with van der Waals surface area (Å²) < 4.78 is 0. The predicted octanol–water partition coefficient (Wildman–Crippen LogP) is 3.27. The smallest absolute Gasteiger partial charge is 0.253 e. The van der Waals surface area contributed by atoms with Gasteiger partial charge in [0.15, 0.2) is 0 Å². The normalized spacial score (nSPS) is 17.6. The number of amides is 3. The maximum absolute atomic E-state index is 13.1. The molecule has 1 heterocycles. The Bertz CT molecular complexity index is 832. The fraction of sp³-hybridized carbons (Fsp3) is 0.545. The van der Waals surface area contributed by atoms with Crippen LogP contribution in [0.3, 0.4) is 0 Å². The molecule has 1 aromatic carbocycles. The monoisotopic (exact) mass is 435 g/mol. The molecule has 7 nitrogen and oxygen atoms in total. The molecule has 3 amide bonds. The van der Waals surface area contributed by atoms with Gasteiger partial charge in [0.2, 0.25) is 11.8 Å². The Morgan fingerprint density at radius 1 is 1.23 bits per heavy atom. The minimum absolute atomic E-state index is 0.156. The van der Waals surface area contributed by atoms with Crippen LogP contribution in [0.15, 0.2) is 18.2 Å². The summed E-state index contributed by atoms with van der Waals surface area (Å²) in [4.78, 5) is 50.7. The summed E-state index contributed by atoms with van der Waals surface area (Å²) in [7, 11) is 0. The van der Waals surface area contributed by atoms with Crippen molar-refractivity contribution in [2.45, 2.75) is 59.5 Å². The van der Waals surface area contributed by atoms with Crippen LogP contribution in [-0.2, 0) is 14.4 Å². The molecular formula is C22H30ClN3O4. The molecule has 1 fully saturated rings. The molecule has 0 bridgehead atoms. The number of nitrogens with one attached hydrogen (secondary N) is 2. The zero-order valence-corrected chi connectivity index (χ0v) is 18.9. The van der Waals surface area contributed by atoms with Crippen molar-refractivity contribution in [2.75, 3.05) is 11.9 Å². The number of anilines is 1. The average molecular weight is 436 g/mol. The van der Waals surface area contributed by atoms with Crippen LogP contribution in [0.25, 0.3) is 0 Å². The van der Waals surface area contributed by atoms with E-state index in [4.69, 9.17) is 11.6 Å². The second-order valence-corrected chi connectivity index (χ2v) is 9.40. The van der Waals surface area contributed by atoms with Gasteiger partial charge >= 0.3 is 0 Å². The molecule has 2 rings (SSSR count). The van der Waals surface area contributed by atoms with Gasteiger partial charge in [-0.2, -0.15) is 0 Å². The Kier molecular flexibility index (Phi) is 7.64. The highest BCUT2D eigenvalue weighted by atomic mass is 35.5. The summed E-state index contributed by atoms with van der Waals surface area (Å²) in [5, 5.41) is 5.69. The molecule has 1 aliphatic heterocycles. The van der Waals surface area contributed by atoms with E-state index in [1.165, 1.54) is 17.0 Å². The van der Waals surface area contributed by atoms with Crippen molar-refractivity contribution in [3.63, 3.8) is 0 Å². The number of hydrogen-bond donors (Lipinski definition) is 2. The van der Waals surface area contributed by atoms with E-state index < -0.39 is 23.4 Å². The number of carbonyl (C=O) groups excluding carboxylic acids is 4. The van der Waals surface area contributed by atoms with E-state index in [-0.39, 0.29) is 28.3 Å². The highest BCUT2D eigenvalue weighted by Gasteiger charge is 2.39. The first-order valence-electron chi connectivity index (χ1n) is 10.1. The van der Waals surface area contributed by atoms with Gasteiger partial charge in [0.05, 0.1) is 16.6 Å². The summed E-state index contributed by atoms with van der Waals surface area (Å²) in [5.41, 5.74) is 0.125. The summed E-state index contributed by atoms with van der Waals surface area (Å²) in [6.07, 6.45) is 2.18. The molecule has 0 spiro atoms. The third-order valence-electron chi connectivity index (χ3n) is 5.13. The van der Waals surface area contributed by atoms with E-state index in [0.717, 1.165) is 12.7 Å². The zero-order valence-electron chi connectivity index (χ0n) is 18.1. The molecule has 164 valence electrons. The van der Waals surface area contributed by atoms with Crippen LogP contribution < -0.4 is 10.6 Å². The van der Waals surface area contributed by atoms with Crippen molar-refractivity contribution < 1.29 is 19.2 Å². The second-order valence-electron chi connectivity index (χ2n) is 8.99. The molecule has 1 saturated heterocycles. The Morgan fingerprint density at radius 2 is 1.90 bits per heavy atom. The van der Waals surface area contributed by atoms with Crippen molar-refractivity contribution >= 4 is 41.3 Å². The maximum Gasteiger partial charge on any atom is 0.253 e. The first-order valence-corrected chi connectivity index (χ1v) is 10.5. The van der Waals surface area contributed by atoms with Crippen molar-refractivity contribution in [3.05, 3.63) is 28.8 Å². The van der Waals surface area contributed by atoms with E-state index >= 15 is 0 Å². The molecule has 1 aromatic rings. The first kappa shape index (κ1) is 23.9. The van der Waals surface area contributed by atoms with Crippen molar-refractivity contribution in [3.8, 4) is 0 Å². The standard InChI is InChI=1S/C22H30ClN3O4/c1-13(2)19(28)24-14-8-9-16(17(23)11-14)20(29)25-18(22(3,4)5)21(30)26-10-6-7-15(26)12-27/h8-9,11-13,15,18H,6-7,10H2,1-5H3,(H,24,28)(H,25,29)/t15-,18+/m0/s1. The van der Waals surface area contributed by atoms with Crippen LogP contribution in [0, 0.1) is 11.3 Å². The van der Waals surface area contributed by atoms with Gasteiger partial charge in [0.25, 0.3) is 5.91 Å². The predicted molar refractivity (Wildman–Crippen MR) is 116 cm³/mol. The molecule has 0 radical (unpaired) electrons. The highest BCUT2D eigenvalue weighted by molar-refractivity contribution is 6.34. The minimum atomic E-state index is -0.818. The molecule has 1 aliphatic rings. The fourth-order valence-corrected chi connectivity index (χ4v) is 3.56. The number of likely N-dealkylation sites (tertiary alicyclic amines) is 1. The molecule has 0 unspecified atom stereocenters. The van der Waals surface area contributed by atoms with Gasteiger partial charge < -0.3 is 20.3 Å². The maximum atomic E-state index is 13.1. The average Bonchev–Trinajstić information content (AvgIpc) is 3.13. The zero-order chi connectivity index (χ0) is 22.6. The summed E-state index contributed by atoms with van der Waals surface area (Å²) in [6, 6.07) is 3.35. The highest BCUT2D eigenvalue weighted by Crippen LogP contribution is 2.27. The Morgan fingerprint density at radius 3 is 2.43 bits per heavy atom. The van der Waals surface area contributed by atoms with Gasteiger partial charge in [-0.15, -0.1) is 0 Å². The Hall–Kier alpha value is -2.41. The molecule has 2 N–H and O–H groups in total. The molecule has 2 atom stereocenters. The van der Waals surface area contributed by atoms with Crippen LogP contribution in [0.1, 0.15) is 57.8 Å². The second kappa shape index (κ2) is 9.60. The van der Waals surface area contributed by atoms with Gasteiger partial charge in [-0.25, -0.2) is 0 Å². The number of rotatable bonds is 6. The minimum Gasteiger partial charge on any atom is -0.340 e. The van der Waals surface area contributed by atoms with Crippen molar-refractivity contribution in [1.29, 1.82) is 0 Å². The SMILES string of the molecule is CC(C)C(=O)Nc1ccc(C(=O)N[C@H](C(=O)N2CCC[C@H]2C=O)C(C)(C)C)c(Cl)c1. The van der Waals surface area contributed by atoms with Crippen LogP contribution >= 0.6 is 11.6 Å². The van der Waals surface area contributed by atoms with E-state index in [1.807, 2.05) is 20.8 Å². The lowest BCUT2D eigenvalue weighted by molar-refractivity contribution is -0.138. The van der Waals surface area contributed by atoms with Gasteiger partial charge in [0.1, 0.15) is 12.3 Å². The van der Waals surface area contributed by atoms with Crippen LogP contribution in [0.5, 0.6) is 0 Å². The molecule has 0 aromatic heterocycles. The summed E-state index contributed by atoms with van der Waals surface area (Å²) in [5.74, 6) is -1.11. The van der Waals surface area contributed by atoms with Crippen LogP contribution in [0.2, 0.25) is 5.02 Å². The molecule has 30 heavy (non-hydrogen) atoms. The third kappa shape index (κ3) is 5.59. The van der Waals surface area contributed by atoms with Gasteiger partial charge in [-0.3, -0.25) is 14.4 Å². The number of halogens is 1. The summed E-state index contributed by atoms with van der Waals surface area (Å²) in [6.45, 7) is 9.61. The summed E-state index contributed by atoms with van der Waals surface area (Å²) >= 11 is 6.28. The first-order chi connectivity index (χ1) is 14.0. The number of carbonyl (C=O) groups is 4. The van der Waals surface area contributed by atoms with Gasteiger partial charge in [-0.05, 0) is 36.5 Å². The molecule has 0 saturated carbocycles. The lowest BCUT2D eigenvalue weighted by atomic mass is 9.85. The number of nitrogens with zero attached hydrogens (tertiary/aromatic N) is 1. The molecule has 0 aliphatic carbocycles. The van der Waals surface area contributed by atoms with E-state index in [9.17, 15) is 19.2 Å². The van der Waals surface area contributed by atoms with E-state index in [0.29, 0.717) is 18.7 Å². The van der Waals surface area contributed by atoms with E-state index in [2.05, 4.69) is 10.6 Å². The topological polar surface area (TPSA) is 95.6 Å². The van der Waals surface area contributed by atoms with E-state index in [1.54, 1.807) is 19.9 Å². The van der Waals surface area contributed by atoms with Crippen molar-refractivity contribution in [2.24, 2.45) is 11.3 Å². The Labute approximate surface area is 182 Å². The van der Waals surface area contributed by atoms with Crippen molar-refractivity contribution in [1.82, 2.24) is 10.2 Å². The number of hydrogen-bond acceptors (Lipinski definition) is 4. The Balaban J connectivity index is 2.21. The lowest BCUT2D eigenvalue weighted by Crippen LogP contribution is -2.56. The molecule has 8 heteroatoms. The lowest BCUT2D eigenvalue weighted by Gasteiger charge is -2.34. The van der Waals surface area contributed by atoms with Gasteiger partial charge in [-0.1, -0.05) is 46.2 Å². The largest absolute Gasteiger partial charge is 0.340 e. The van der Waals surface area contributed by atoms with Crippen LogP contribution in [-0.4, -0.2) is 47.5 Å². The fourth-order valence-electron chi connectivity index (χ4n) is 3.29. The quantitative estimate of drug-likeness (QED) is 0.670. The van der Waals surface area contributed by atoms with Crippen LogP contribution in [0.4, 0.5) is 5.69 Å². The third-order valence-corrected chi connectivity index (χ3v) is 5.45. The number of aldehydes is 1.